The summed E-state index contributed by atoms with van der Waals surface area (Å²) in [6.07, 6.45) is 0.444. The second-order valence-corrected chi connectivity index (χ2v) is 3.93. The maximum Gasteiger partial charge on any atom is 0.260 e. The van der Waals surface area contributed by atoms with Gasteiger partial charge in [-0.15, -0.1) is 0 Å². The van der Waals surface area contributed by atoms with Crippen LogP contribution in [-0.2, 0) is 11.2 Å². The molecular formula is C12H13FN2O3. The molecule has 0 saturated carbocycles. The van der Waals surface area contributed by atoms with E-state index in [4.69, 9.17) is 14.4 Å². The standard InChI is InChI=1S/C12H13FN2O3/c1-7(17-2)5-11-14-12(18-15-11)9-4-3-8(16)6-10(9)13/h3-4,6-7,16H,5H2,1-2H3. The number of hydrogen-bond donors (Lipinski definition) is 1. The van der Waals surface area contributed by atoms with E-state index in [0.29, 0.717) is 12.2 Å². The highest BCUT2D eigenvalue weighted by molar-refractivity contribution is 5.55. The largest absolute Gasteiger partial charge is 0.508 e. The summed E-state index contributed by atoms with van der Waals surface area (Å²) in [6, 6.07) is 3.75. The molecule has 18 heavy (non-hydrogen) atoms. The van der Waals surface area contributed by atoms with Crippen LogP contribution in [-0.4, -0.2) is 28.5 Å². The molecule has 0 radical (unpaired) electrons. The maximum absolute atomic E-state index is 13.6. The van der Waals surface area contributed by atoms with Gasteiger partial charge in [-0.25, -0.2) is 4.39 Å². The molecule has 1 atom stereocenters. The zero-order chi connectivity index (χ0) is 13.1. The minimum atomic E-state index is -0.606. The van der Waals surface area contributed by atoms with Gasteiger partial charge in [0.2, 0.25) is 0 Å². The van der Waals surface area contributed by atoms with E-state index in [0.717, 1.165) is 6.07 Å². The zero-order valence-corrected chi connectivity index (χ0v) is 10.1. The summed E-state index contributed by atoms with van der Waals surface area (Å²) in [6.45, 7) is 1.87. The Labute approximate surface area is 103 Å². The molecule has 0 fully saturated rings. The normalized spacial score (nSPS) is 12.6. The van der Waals surface area contributed by atoms with E-state index >= 15 is 0 Å². The minimum absolute atomic E-state index is 0.0416. The summed E-state index contributed by atoms with van der Waals surface area (Å²) >= 11 is 0. The Morgan fingerprint density at radius 3 is 2.94 bits per heavy atom. The van der Waals surface area contributed by atoms with Gasteiger partial charge in [-0.2, -0.15) is 4.98 Å². The summed E-state index contributed by atoms with van der Waals surface area (Å²) in [7, 11) is 1.59. The number of aromatic nitrogens is 2. The number of nitrogens with zero attached hydrogens (tertiary/aromatic N) is 2. The van der Waals surface area contributed by atoms with Gasteiger partial charge >= 0.3 is 0 Å². The lowest BCUT2D eigenvalue weighted by atomic mass is 10.2. The predicted molar refractivity (Wildman–Crippen MR) is 61.5 cm³/mol. The number of aromatic hydroxyl groups is 1. The fraction of sp³-hybridized carbons (Fsp3) is 0.333. The number of phenols is 1. The molecule has 0 saturated heterocycles. The third-order valence-corrected chi connectivity index (χ3v) is 2.52. The van der Waals surface area contributed by atoms with Crippen molar-refractivity contribution in [3.8, 4) is 17.2 Å². The highest BCUT2D eigenvalue weighted by atomic mass is 19.1. The summed E-state index contributed by atoms with van der Waals surface area (Å²) in [5.74, 6) is -0.216. The van der Waals surface area contributed by atoms with E-state index in [1.165, 1.54) is 12.1 Å². The summed E-state index contributed by atoms with van der Waals surface area (Å²) < 4.78 is 23.6. The Morgan fingerprint density at radius 1 is 1.50 bits per heavy atom. The van der Waals surface area contributed by atoms with Crippen LogP contribution in [0.25, 0.3) is 11.5 Å². The van der Waals surface area contributed by atoms with Gasteiger partial charge in [0.05, 0.1) is 11.7 Å². The van der Waals surface area contributed by atoms with Crippen LogP contribution >= 0.6 is 0 Å². The van der Waals surface area contributed by atoms with Crippen LogP contribution in [0.5, 0.6) is 5.75 Å². The maximum atomic E-state index is 13.6. The highest BCUT2D eigenvalue weighted by Gasteiger charge is 2.15. The van der Waals surface area contributed by atoms with Crippen molar-refractivity contribution < 1.29 is 18.8 Å². The summed E-state index contributed by atoms with van der Waals surface area (Å²) in [4.78, 5) is 4.08. The fourth-order valence-corrected chi connectivity index (χ4v) is 1.46. The molecule has 1 unspecified atom stereocenters. The van der Waals surface area contributed by atoms with Crippen molar-refractivity contribution in [2.24, 2.45) is 0 Å². The Morgan fingerprint density at radius 2 is 2.28 bits per heavy atom. The Bertz CT molecular complexity index is 542. The average molecular weight is 252 g/mol. The van der Waals surface area contributed by atoms with Crippen molar-refractivity contribution in [1.29, 1.82) is 0 Å². The molecule has 6 heteroatoms. The fourth-order valence-electron chi connectivity index (χ4n) is 1.46. The number of hydrogen-bond acceptors (Lipinski definition) is 5. The predicted octanol–water partition coefficient (Wildman–Crippen LogP) is 2.16. The van der Waals surface area contributed by atoms with E-state index in [9.17, 15) is 4.39 Å². The van der Waals surface area contributed by atoms with Gasteiger partial charge in [0, 0.05) is 19.6 Å². The third-order valence-electron chi connectivity index (χ3n) is 2.52. The van der Waals surface area contributed by atoms with Crippen LogP contribution in [0.3, 0.4) is 0 Å². The van der Waals surface area contributed by atoms with Gasteiger partial charge < -0.3 is 14.4 Å². The summed E-state index contributed by atoms with van der Waals surface area (Å²) in [5, 5.41) is 12.9. The second-order valence-electron chi connectivity index (χ2n) is 3.93. The van der Waals surface area contributed by atoms with Crippen molar-refractivity contribution in [2.45, 2.75) is 19.4 Å². The molecule has 0 aliphatic rings. The minimum Gasteiger partial charge on any atom is -0.508 e. The molecule has 2 aromatic rings. The second kappa shape index (κ2) is 5.14. The van der Waals surface area contributed by atoms with Crippen LogP contribution in [0.2, 0.25) is 0 Å². The number of phenolic OH excluding ortho intramolecular Hbond substituents is 1. The molecule has 0 bridgehead atoms. The molecular weight excluding hydrogens is 239 g/mol. The van der Waals surface area contributed by atoms with Crippen LogP contribution in [0.4, 0.5) is 4.39 Å². The molecule has 96 valence electrons. The molecule has 0 aliphatic carbocycles. The van der Waals surface area contributed by atoms with Crippen LogP contribution in [0.1, 0.15) is 12.7 Å². The van der Waals surface area contributed by atoms with Gasteiger partial charge in [-0.05, 0) is 19.1 Å². The summed E-state index contributed by atoms with van der Waals surface area (Å²) in [5.41, 5.74) is 0.164. The molecule has 1 heterocycles. The van der Waals surface area contributed by atoms with Crippen LogP contribution in [0, 0.1) is 5.82 Å². The topological polar surface area (TPSA) is 68.4 Å². The van der Waals surface area contributed by atoms with E-state index in [2.05, 4.69) is 10.1 Å². The van der Waals surface area contributed by atoms with Crippen LogP contribution < -0.4 is 0 Å². The Hall–Kier alpha value is -1.95. The Balaban J connectivity index is 2.24. The number of rotatable bonds is 4. The first kappa shape index (κ1) is 12.5. The van der Waals surface area contributed by atoms with E-state index < -0.39 is 5.82 Å². The molecule has 1 aromatic heterocycles. The van der Waals surface area contributed by atoms with Crippen LogP contribution in [0.15, 0.2) is 22.7 Å². The number of methoxy groups -OCH3 is 1. The average Bonchev–Trinajstić information content (AvgIpc) is 2.77. The van der Waals surface area contributed by atoms with Gasteiger partial charge in [0.15, 0.2) is 5.82 Å². The lowest BCUT2D eigenvalue weighted by molar-refractivity contribution is 0.116. The number of halogens is 1. The molecule has 2 rings (SSSR count). The van der Waals surface area contributed by atoms with Gasteiger partial charge in [0.1, 0.15) is 11.6 Å². The molecule has 0 aliphatic heterocycles. The van der Waals surface area contributed by atoms with Gasteiger partial charge in [-0.3, -0.25) is 0 Å². The SMILES string of the molecule is COC(C)Cc1noc(-c2ccc(O)cc2F)n1. The molecule has 1 N–H and O–H groups in total. The van der Waals surface area contributed by atoms with Crippen molar-refractivity contribution in [1.82, 2.24) is 10.1 Å². The van der Waals surface area contributed by atoms with E-state index in [1.54, 1.807) is 7.11 Å². The molecule has 1 aromatic carbocycles. The van der Waals surface area contributed by atoms with Crippen molar-refractivity contribution in [3.05, 3.63) is 29.8 Å². The third kappa shape index (κ3) is 2.65. The van der Waals surface area contributed by atoms with Gasteiger partial charge in [-0.1, -0.05) is 5.16 Å². The van der Waals surface area contributed by atoms with Crippen molar-refractivity contribution in [3.63, 3.8) is 0 Å². The lowest BCUT2D eigenvalue weighted by Crippen LogP contribution is -2.09. The van der Waals surface area contributed by atoms with Crippen molar-refractivity contribution >= 4 is 0 Å². The lowest BCUT2D eigenvalue weighted by Gasteiger charge is -2.03. The first-order valence-electron chi connectivity index (χ1n) is 5.44. The first-order valence-corrected chi connectivity index (χ1v) is 5.44. The van der Waals surface area contributed by atoms with E-state index in [-0.39, 0.29) is 23.3 Å². The number of ether oxygens (including phenoxy) is 1. The molecule has 5 nitrogen and oxygen atoms in total. The Kier molecular flexibility index (Phi) is 3.57. The highest BCUT2D eigenvalue weighted by Crippen LogP contribution is 2.24. The smallest absolute Gasteiger partial charge is 0.260 e. The number of benzene rings is 1. The molecule has 0 amide bonds. The first-order chi connectivity index (χ1) is 8.60. The van der Waals surface area contributed by atoms with E-state index in [1.807, 2.05) is 6.92 Å². The van der Waals surface area contributed by atoms with Gasteiger partial charge in [0.25, 0.3) is 5.89 Å². The molecule has 0 spiro atoms. The quantitative estimate of drug-likeness (QED) is 0.903. The monoisotopic (exact) mass is 252 g/mol. The zero-order valence-electron chi connectivity index (χ0n) is 10.1. The van der Waals surface area contributed by atoms with Crippen molar-refractivity contribution in [2.75, 3.05) is 7.11 Å².